The molecule has 2 aromatic heterocycles. The number of rotatable bonds is 6. The van der Waals surface area contributed by atoms with Gasteiger partial charge in [-0.1, -0.05) is 18.2 Å². The number of benzene rings is 1. The number of nitrogens with one attached hydrogen (secondary N) is 1. The van der Waals surface area contributed by atoms with Gasteiger partial charge in [0.05, 0.1) is 23.3 Å². The third-order valence-electron chi connectivity index (χ3n) is 5.25. The van der Waals surface area contributed by atoms with Gasteiger partial charge in [-0.15, -0.1) is 0 Å². The van der Waals surface area contributed by atoms with E-state index in [1.165, 1.54) is 6.42 Å². The summed E-state index contributed by atoms with van der Waals surface area (Å²) in [4.78, 5) is 36.5. The molecule has 0 atom stereocenters. The van der Waals surface area contributed by atoms with Crippen LogP contribution in [0, 0.1) is 0 Å². The van der Waals surface area contributed by atoms with Crippen LogP contribution in [0.1, 0.15) is 31.4 Å². The average molecular weight is 391 g/mol. The number of hydrogen-bond acceptors (Lipinski definition) is 5. The van der Waals surface area contributed by atoms with E-state index in [2.05, 4.69) is 20.2 Å². The van der Waals surface area contributed by atoms with Crippen molar-refractivity contribution < 1.29 is 4.79 Å². The molecule has 1 saturated heterocycles. The fourth-order valence-corrected chi connectivity index (χ4v) is 3.71. The van der Waals surface area contributed by atoms with Crippen LogP contribution in [-0.2, 0) is 17.9 Å². The average Bonchev–Trinajstić information content (AvgIpc) is 2.78. The summed E-state index contributed by atoms with van der Waals surface area (Å²) in [7, 11) is 0. The first-order valence-electron chi connectivity index (χ1n) is 10.1. The lowest BCUT2D eigenvalue weighted by Crippen LogP contribution is -2.37. The Kier molecular flexibility index (Phi) is 5.84. The summed E-state index contributed by atoms with van der Waals surface area (Å²) in [5, 5.41) is 2.87. The van der Waals surface area contributed by atoms with Gasteiger partial charge in [0.2, 0.25) is 5.91 Å². The summed E-state index contributed by atoms with van der Waals surface area (Å²) >= 11 is 0. The van der Waals surface area contributed by atoms with Gasteiger partial charge in [0.15, 0.2) is 5.82 Å². The molecule has 0 radical (unpaired) electrons. The highest BCUT2D eigenvalue weighted by Crippen LogP contribution is 2.18. The van der Waals surface area contributed by atoms with Crippen molar-refractivity contribution in [3.8, 4) is 0 Å². The van der Waals surface area contributed by atoms with Crippen molar-refractivity contribution in [2.75, 3.05) is 18.0 Å². The molecule has 29 heavy (non-hydrogen) atoms. The Hall–Kier alpha value is -3.22. The van der Waals surface area contributed by atoms with Gasteiger partial charge < -0.3 is 14.8 Å². The van der Waals surface area contributed by atoms with Crippen molar-refractivity contribution in [1.82, 2.24) is 19.9 Å². The first-order chi connectivity index (χ1) is 14.2. The molecule has 1 fully saturated rings. The maximum atomic E-state index is 13.2. The first-order valence-corrected chi connectivity index (χ1v) is 10.1. The number of nitrogens with zero attached hydrogens (tertiary/aromatic N) is 4. The van der Waals surface area contributed by atoms with E-state index in [1.807, 2.05) is 42.5 Å². The number of carbonyl (C=O) groups is 1. The molecule has 150 valence electrons. The Morgan fingerprint density at radius 2 is 1.83 bits per heavy atom. The van der Waals surface area contributed by atoms with Crippen LogP contribution in [0.5, 0.6) is 0 Å². The van der Waals surface area contributed by atoms with E-state index in [9.17, 15) is 9.59 Å². The fourth-order valence-electron chi connectivity index (χ4n) is 3.71. The summed E-state index contributed by atoms with van der Waals surface area (Å²) in [6, 6.07) is 13.2. The van der Waals surface area contributed by atoms with Crippen molar-refractivity contribution in [2.45, 2.75) is 38.8 Å². The van der Waals surface area contributed by atoms with E-state index >= 15 is 0 Å². The second kappa shape index (κ2) is 8.86. The molecule has 0 bridgehead atoms. The molecule has 1 amide bonds. The molecule has 0 unspecified atom stereocenters. The molecule has 4 rings (SSSR count). The van der Waals surface area contributed by atoms with E-state index in [0.29, 0.717) is 18.9 Å². The zero-order chi connectivity index (χ0) is 20.1. The van der Waals surface area contributed by atoms with Crippen LogP contribution in [0.25, 0.3) is 11.0 Å². The Bertz CT molecular complexity index is 1040. The van der Waals surface area contributed by atoms with E-state index < -0.39 is 0 Å². The molecule has 7 nitrogen and oxygen atoms in total. The Balaban J connectivity index is 1.53. The second-order valence-electron chi connectivity index (χ2n) is 7.28. The van der Waals surface area contributed by atoms with Gasteiger partial charge in [0, 0.05) is 32.3 Å². The summed E-state index contributed by atoms with van der Waals surface area (Å²) < 4.78 is 1.69. The molecule has 3 aromatic rings. The number of hydrogen-bond donors (Lipinski definition) is 1. The molecular formula is C22H25N5O2. The Labute approximate surface area is 169 Å². The van der Waals surface area contributed by atoms with Crippen LogP contribution in [0.15, 0.2) is 53.5 Å². The van der Waals surface area contributed by atoms with E-state index in [0.717, 1.165) is 42.7 Å². The van der Waals surface area contributed by atoms with Crippen LogP contribution in [-0.4, -0.2) is 33.5 Å². The van der Waals surface area contributed by atoms with Crippen molar-refractivity contribution in [3.63, 3.8) is 0 Å². The molecule has 1 aliphatic heterocycles. The van der Waals surface area contributed by atoms with Gasteiger partial charge in [-0.2, -0.15) is 0 Å². The normalized spacial score (nSPS) is 14.1. The van der Waals surface area contributed by atoms with Crippen molar-refractivity contribution in [3.05, 3.63) is 64.7 Å². The minimum atomic E-state index is -0.122. The topological polar surface area (TPSA) is 80.1 Å². The monoisotopic (exact) mass is 391 g/mol. The van der Waals surface area contributed by atoms with Crippen molar-refractivity contribution >= 4 is 22.8 Å². The maximum absolute atomic E-state index is 13.2. The lowest BCUT2D eigenvalue weighted by atomic mass is 10.1. The smallest absolute Gasteiger partial charge is 0.294 e. The third-order valence-corrected chi connectivity index (χ3v) is 5.25. The number of aryl methyl sites for hydroxylation is 1. The molecule has 3 heterocycles. The SMILES string of the molecule is O=C(CCn1c(=O)c(N2CCCCC2)nc2ccccc21)NCc1ccccn1. The number of fused-ring (bicyclic) bond motifs is 1. The number of aromatic nitrogens is 3. The Morgan fingerprint density at radius 3 is 2.62 bits per heavy atom. The van der Waals surface area contributed by atoms with Gasteiger partial charge >= 0.3 is 0 Å². The van der Waals surface area contributed by atoms with E-state index in [-0.39, 0.29) is 17.9 Å². The second-order valence-corrected chi connectivity index (χ2v) is 7.28. The quantitative estimate of drug-likeness (QED) is 0.698. The zero-order valence-corrected chi connectivity index (χ0v) is 16.4. The van der Waals surface area contributed by atoms with Crippen LogP contribution in [0.4, 0.5) is 5.82 Å². The van der Waals surface area contributed by atoms with Crippen LogP contribution in [0.3, 0.4) is 0 Å². The van der Waals surface area contributed by atoms with Crippen molar-refractivity contribution in [1.29, 1.82) is 0 Å². The summed E-state index contributed by atoms with van der Waals surface area (Å²) in [5.41, 5.74) is 2.22. The number of piperidine rings is 1. The lowest BCUT2D eigenvalue weighted by molar-refractivity contribution is -0.121. The molecule has 1 aliphatic rings. The maximum Gasteiger partial charge on any atom is 0.294 e. The van der Waals surface area contributed by atoms with Gasteiger partial charge in [0.25, 0.3) is 5.56 Å². The molecular weight excluding hydrogens is 366 g/mol. The Morgan fingerprint density at radius 1 is 1.03 bits per heavy atom. The molecule has 1 N–H and O–H groups in total. The van der Waals surface area contributed by atoms with Gasteiger partial charge in [-0.25, -0.2) is 4.98 Å². The fraction of sp³-hybridized carbons (Fsp3) is 0.364. The number of para-hydroxylation sites is 2. The van der Waals surface area contributed by atoms with E-state index in [4.69, 9.17) is 0 Å². The first kappa shape index (κ1) is 19.1. The van der Waals surface area contributed by atoms with Crippen LogP contribution in [0.2, 0.25) is 0 Å². The minimum absolute atomic E-state index is 0.108. The molecule has 0 spiro atoms. The van der Waals surface area contributed by atoms with Crippen LogP contribution < -0.4 is 15.8 Å². The standard InChI is InChI=1S/C22H25N5O2/c28-20(24-16-17-8-4-5-12-23-17)11-15-27-19-10-3-2-9-18(19)25-21(22(27)29)26-13-6-1-7-14-26/h2-5,8-10,12H,1,6-7,11,13-16H2,(H,24,28). The number of pyridine rings is 1. The molecule has 0 saturated carbocycles. The van der Waals surface area contributed by atoms with Crippen LogP contribution >= 0.6 is 0 Å². The highest BCUT2D eigenvalue weighted by molar-refractivity contribution is 5.78. The number of carbonyl (C=O) groups excluding carboxylic acids is 1. The summed E-state index contributed by atoms with van der Waals surface area (Å²) in [6.45, 7) is 2.40. The largest absolute Gasteiger partial charge is 0.352 e. The van der Waals surface area contributed by atoms with Gasteiger partial charge in [-0.05, 0) is 43.5 Å². The minimum Gasteiger partial charge on any atom is -0.352 e. The summed E-state index contributed by atoms with van der Waals surface area (Å²) in [6.07, 6.45) is 5.26. The molecule has 7 heteroatoms. The molecule has 0 aliphatic carbocycles. The summed E-state index contributed by atoms with van der Waals surface area (Å²) in [5.74, 6) is 0.389. The predicted molar refractivity (Wildman–Crippen MR) is 113 cm³/mol. The predicted octanol–water partition coefficient (Wildman–Crippen LogP) is 2.49. The molecule has 1 aromatic carbocycles. The van der Waals surface area contributed by atoms with Gasteiger partial charge in [0.1, 0.15) is 0 Å². The highest BCUT2D eigenvalue weighted by Gasteiger charge is 2.19. The van der Waals surface area contributed by atoms with Gasteiger partial charge in [-0.3, -0.25) is 14.6 Å². The number of anilines is 1. The lowest BCUT2D eigenvalue weighted by Gasteiger charge is -2.27. The number of amides is 1. The van der Waals surface area contributed by atoms with Crippen molar-refractivity contribution in [2.24, 2.45) is 0 Å². The van der Waals surface area contributed by atoms with E-state index in [1.54, 1.807) is 10.8 Å². The zero-order valence-electron chi connectivity index (χ0n) is 16.4. The highest BCUT2D eigenvalue weighted by atomic mass is 16.2. The third kappa shape index (κ3) is 4.45.